The number of hydrogen-bond acceptors (Lipinski definition) is 2. The molecule has 15 heavy (non-hydrogen) atoms. The molecule has 0 heterocycles. The third-order valence-electron chi connectivity index (χ3n) is 1.74. The molecular formula is C10H13ClN2OS. The van der Waals surface area contributed by atoms with E-state index in [9.17, 15) is 4.79 Å². The molecule has 0 spiro atoms. The highest BCUT2D eigenvalue weighted by Crippen LogP contribution is 2.23. The van der Waals surface area contributed by atoms with E-state index in [1.165, 1.54) is 0 Å². The Morgan fingerprint density at radius 2 is 2.27 bits per heavy atom. The first-order valence-electron chi connectivity index (χ1n) is 4.67. The summed E-state index contributed by atoms with van der Waals surface area (Å²) >= 11 is 9.95. The fraction of sp³-hybridized carbons (Fsp3) is 0.300. The number of benzene rings is 1. The molecule has 0 saturated heterocycles. The van der Waals surface area contributed by atoms with Crippen LogP contribution in [-0.4, -0.2) is 12.6 Å². The first-order valence-corrected chi connectivity index (χ1v) is 5.49. The van der Waals surface area contributed by atoms with Crippen molar-refractivity contribution in [2.75, 3.05) is 11.9 Å². The van der Waals surface area contributed by atoms with Crippen molar-refractivity contribution in [3.63, 3.8) is 0 Å². The van der Waals surface area contributed by atoms with Gasteiger partial charge in [0.25, 0.3) is 0 Å². The maximum Gasteiger partial charge on any atom is 0.319 e. The highest BCUT2D eigenvalue weighted by Gasteiger charge is 2.02. The molecule has 0 atom stereocenters. The topological polar surface area (TPSA) is 41.1 Å². The lowest BCUT2D eigenvalue weighted by Crippen LogP contribution is -2.29. The van der Waals surface area contributed by atoms with Gasteiger partial charge in [-0.1, -0.05) is 18.5 Å². The largest absolute Gasteiger partial charge is 0.338 e. The first kappa shape index (κ1) is 12.2. The fourth-order valence-electron chi connectivity index (χ4n) is 1.00. The van der Waals surface area contributed by atoms with Crippen molar-refractivity contribution in [1.29, 1.82) is 0 Å². The maximum atomic E-state index is 11.3. The minimum Gasteiger partial charge on any atom is -0.338 e. The molecule has 2 amide bonds. The Morgan fingerprint density at radius 1 is 1.53 bits per heavy atom. The Kier molecular flexibility index (Phi) is 4.78. The van der Waals surface area contributed by atoms with Crippen molar-refractivity contribution < 1.29 is 4.79 Å². The summed E-state index contributed by atoms with van der Waals surface area (Å²) in [6.07, 6.45) is 0.909. The van der Waals surface area contributed by atoms with Crippen LogP contribution in [0.15, 0.2) is 23.1 Å². The average molecular weight is 245 g/mol. The zero-order valence-electron chi connectivity index (χ0n) is 8.38. The molecule has 0 aliphatic rings. The number of nitrogens with one attached hydrogen (secondary N) is 2. The maximum absolute atomic E-state index is 11.3. The van der Waals surface area contributed by atoms with Gasteiger partial charge in [-0.3, -0.25) is 0 Å². The Labute approximate surface area is 99.6 Å². The van der Waals surface area contributed by atoms with E-state index in [-0.39, 0.29) is 6.03 Å². The summed E-state index contributed by atoms with van der Waals surface area (Å²) in [6, 6.07) is 4.91. The van der Waals surface area contributed by atoms with Gasteiger partial charge in [-0.15, -0.1) is 12.6 Å². The van der Waals surface area contributed by atoms with E-state index in [1.807, 2.05) is 6.92 Å². The van der Waals surface area contributed by atoms with Crippen molar-refractivity contribution >= 4 is 35.9 Å². The zero-order chi connectivity index (χ0) is 11.3. The molecule has 82 valence electrons. The molecule has 1 rings (SSSR count). The van der Waals surface area contributed by atoms with E-state index >= 15 is 0 Å². The SMILES string of the molecule is CCCNC(=O)Nc1ccc(Cl)c(S)c1. The Balaban J connectivity index is 2.57. The summed E-state index contributed by atoms with van der Waals surface area (Å²) in [5, 5.41) is 5.96. The molecule has 0 bridgehead atoms. The summed E-state index contributed by atoms with van der Waals surface area (Å²) in [5.41, 5.74) is 0.679. The van der Waals surface area contributed by atoms with Crippen LogP contribution in [0, 0.1) is 0 Å². The van der Waals surface area contributed by atoms with Crippen LogP contribution in [0.4, 0.5) is 10.5 Å². The van der Waals surface area contributed by atoms with E-state index in [0.717, 1.165) is 6.42 Å². The molecule has 0 saturated carbocycles. The zero-order valence-corrected chi connectivity index (χ0v) is 10.0. The van der Waals surface area contributed by atoms with Gasteiger partial charge in [0, 0.05) is 17.1 Å². The van der Waals surface area contributed by atoms with E-state index < -0.39 is 0 Å². The van der Waals surface area contributed by atoms with Gasteiger partial charge in [-0.2, -0.15) is 0 Å². The quantitative estimate of drug-likeness (QED) is 0.703. The van der Waals surface area contributed by atoms with Gasteiger partial charge in [0.15, 0.2) is 0 Å². The molecule has 0 fully saturated rings. The molecule has 0 unspecified atom stereocenters. The predicted molar refractivity (Wildman–Crippen MR) is 66.0 cm³/mol. The lowest BCUT2D eigenvalue weighted by Gasteiger charge is -2.07. The second-order valence-electron chi connectivity index (χ2n) is 3.05. The summed E-state index contributed by atoms with van der Waals surface area (Å²) < 4.78 is 0. The van der Waals surface area contributed by atoms with Crippen LogP contribution >= 0.6 is 24.2 Å². The minimum atomic E-state index is -0.216. The van der Waals surface area contributed by atoms with Gasteiger partial charge in [0.2, 0.25) is 0 Å². The molecule has 0 aliphatic heterocycles. The molecule has 1 aromatic carbocycles. The normalized spacial score (nSPS) is 9.80. The standard InChI is InChI=1S/C10H13ClN2OS/c1-2-5-12-10(14)13-7-3-4-8(11)9(15)6-7/h3-4,6,15H,2,5H2,1H3,(H2,12,13,14). The van der Waals surface area contributed by atoms with Gasteiger partial charge >= 0.3 is 6.03 Å². The van der Waals surface area contributed by atoms with Crippen LogP contribution in [0.2, 0.25) is 5.02 Å². The van der Waals surface area contributed by atoms with Gasteiger partial charge in [0.1, 0.15) is 0 Å². The molecule has 0 radical (unpaired) electrons. The number of anilines is 1. The van der Waals surface area contributed by atoms with Gasteiger partial charge in [-0.05, 0) is 24.6 Å². The average Bonchev–Trinajstić information content (AvgIpc) is 2.20. The fourth-order valence-corrected chi connectivity index (χ4v) is 1.34. The second-order valence-corrected chi connectivity index (χ2v) is 3.94. The second kappa shape index (κ2) is 5.88. The Bertz CT molecular complexity index is 357. The molecule has 2 N–H and O–H groups in total. The van der Waals surface area contributed by atoms with Crippen molar-refractivity contribution in [2.24, 2.45) is 0 Å². The Morgan fingerprint density at radius 3 is 2.87 bits per heavy atom. The number of carbonyl (C=O) groups excluding carboxylic acids is 1. The number of halogens is 1. The smallest absolute Gasteiger partial charge is 0.319 e. The number of carbonyl (C=O) groups is 1. The van der Waals surface area contributed by atoms with Crippen molar-refractivity contribution in [3.05, 3.63) is 23.2 Å². The molecule has 5 heteroatoms. The molecule has 1 aromatic rings. The predicted octanol–water partition coefficient (Wildman–Crippen LogP) is 3.16. The van der Waals surface area contributed by atoms with Crippen LogP contribution in [0.1, 0.15) is 13.3 Å². The monoisotopic (exact) mass is 244 g/mol. The highest BCUT2D eigenvalue weighted by molar-refractivity contribution is 7.80. The molecule has 0 aromatic heterocycles. The van der Waals surface area contributed by atoms with E-state index in [1.54, 1.807) is 18.2 Å². The van der Waals surface area contributed by atoms with Crippen LogP contribution in [0.3, 0.4) is 0 Å². The third kappa shape index (κ3) is 4.01. The van der Waals surface area contributed by atoms with Crippen molar-refractivity contribution in [1.82, 2.24) is 5.32 Å². The van der Waals surface area contributed by atoms with Gasteiger partial charge in [0.05, 0.1) is 5.02 Å². The van der Waals surface area contributed by atoms with Crippen LogP contribution in [0.25, 0.3) is 0 Å². The van der Waals surface area contributed by atoms with Crippen LogP contribution in [0.5, 0.6) is 0 Å². The summed E-state index contributed by atoms with van der Waals surface area (Å²) in [6.45, 7) is 2.65. The number of amides is 2. The summed E-state index contributed by atoms with van der Waals surface area (Å²) in [4.78, 5) is 11.9. The van der Waals surface area contributed by atoms with E-state index in [2.05, 4.69) is 23.3 Å². The minimum absolute atomic E-state index is 0.216. The number of rotatable bonds is 3. The van der Waals surface area contributed by atoms with E-state index in [0.29, 0.717) is 22.2 Å². The molecule has 0 aliphatic carbocycles. The van der Waals surface area contributed by atoms with Crippen molar-refractivity contribution in [3.8, 4) is 0 Å². The molecular weight excluding hydrogens is 232 g/mol. The lowest BCUT2D eigenvalue weighted by molar-refractivity contribution is 0.252. The number of hydrogen-bond donors (Lipinski definition) is 3. The van der Waals surface area contributed by atoms with E-state index in [4.69, 9.17) is 11.6 Å². The third-order valence-corrected chi connectivity index (χ3v) is 2.57. The first-order chi connectivity index (χ1) is 7.13. The van der Waals surface area contributed by atoms with Gasteiger partial charge < -0.3 is 10.6 Å². The highest BCUT2D eigenvalue weighted by atomic mass is 35.5. The van der Waals surface area contributed by atoms with Crippen LogP contribution < -0.4 is 10.6 Å². The summed E-state index contributed by atoms with van der Waals surface area (Å²) in [7, 11) is 0. The lowest BCUT2D eigenvalue weighted by atomic mass is 10.3. The summed E-state index contributed by atoms with van der Waals surface area (Å²) in [5.74, 6) is 0. The molecule has 3 nitrogen and oxygen atoms in total. The Hall–Kier alpha value is -0.870. The number of thiol groups is 1. The number of urea groups is 1. The van der Waals surface area contributed by atoms with Gasteiger partial charge in [-0.25, -0.2) is 4.79 Å². The van der Waals surface area contributed by atoms with Crippen LogP contribution in [-0.2, 0) is 0 Å². The van der Waals surface area contributed by atoms with Crippen molar-refractivity contribution in [2.45, 2.75) is 18.2 Å².